The van der Waals surface area contributed by atoms with Crippen LogP contribution in [0, 0.1) is 0 Å². The number of rotatable bonds is 5. The number of H-pyrrole nitrogens is 1. The molecule has 4 rings (SSSR count). The SMILES string of the molecule is CC(C)c1ccc(-c2csc3nc(SCc4ccccc4)[nH]c(=O)c23)cc1. The fourth-order valence-corrected chi connectivity index (χ4v) is 4.81. The predicted octanol–water partition coefficient (Wildman–Crippen LogP) is 6.07. The van der Waals surface area contributed by atoms with E-state index in [9.17, 15) is 4.79 Å². The molecule has 1 N–H and O–H groups in total. The number of nitrogens with zero attached hydrogens (tertiary/aromatic N) is 1. The molecule has 0 spiro atoms. The highest BCUT2D eigenvalue weighted by atomic mass is 32.2. The Labute approximate surface area is 166 Å². The molecule has 0 aliphatic heterocycles. The molecule has 0 saturated carbocycles. The van der Waals surface area contributed by atoms with Crippen LogP contribution in [0.5, 0.6) is 0 Å². The molecule has 0 bridgehead atoms. The minimum absolute atomic E-state index is 0.0697. The van der Waals surface area contributed by atoms with Crippen molar-refractivity contribution < 1.29 is 0 Å². The zero-order valence-corrected chi connectivity index (χ0v) is 16.9. The van der Waals surface area contributed by atoms with Crippen LogP contribution in [0.1, 0.15) is 30.9 Å². The highest BCUT2D eigenvalue weighted by Gasteiger charge is 2.13. The molecule has 0 atom stereocenters. The molecule has 0 fully saturated rings. The summed E-state index contributed by atoms with van der Waals surface area (Å²) in [6.45, 7) is 4.36. The fraction of sp³-hybridized carbons (Fsp3) is 0.182. The third-order valence-corrected chi connectivity index (χ3v) is 6.35. The predicted molar refractivity (Wildman–Crippen MR) is 116 cm³/mol. The Morgan fingerprint density at radius 1 is 1.07 bits per heavy atom. The number of aromatic amines is 1. The van der Waals surface area contributed by atoms with Gasteiger partial charge in [-0.3, -0.25) is 4.79 Å². The van der Waals surface area contributed by atoms with Gasteiger partial charge in [0.25, 0.3) is 5.56 Å². The molecule has 0 unspecified atom stereocenters. The molecule has 0 amide bonds. The Hall–Kier alpha value is -2.37. The summed E-state index contributed by atoms with van der Waals surface area (Å²) in [7, 11) is 0. The van der Waals surface area contributed by atoms with Gasteiger partial charge in [-0.2, -0.15) is 0 Å². The van der Waals surface area contributed by atoms with E-state index in [-0.39, 0.29) is 5.56 Å². The average Bonchev–Trinajstić information content (AvgIpc) is 3.12. The van der Waals surface area contributed by atoms with Crippen molar-refractivity contribution in [3.05, 3.63) is 81.5 Å². The third kappa shape index (κ3) is 3.84. The number of thiophene rings is 1. The molecule has 2 aromatic carbocycles. The van der Waals surface area contributed by atoms with Crippen LogP contribution in [0.2, 0.25) is 0 Å². The average molecular weight is 393 g/mol. The summed E-state index contributed by atoms with van der Waals surface area (Å²) < 4.78 is 0. The van der Waals surface area contributed by atoms with Gasteiger partial charge in [-0.05, 0) is 22.6 Å². The lowest BCUT2D eigenvalue weighted by Crippen LogP contribution is -2.08. The lowest BCUT2D eigenvalue weighted by Gasteiger charge is -2.06. The number of hydrogen-bond donors (Lipinski definition) is 1. The maximum absolute atomic E-state index is 12.7. The number of hydrogen-bond acceptors (Lipinski definition) is 4. The number of aromatic nitrogens is 2. The Morgan fingerprint density at radius 2 is 1.81 bits per heavy atom. The van der Waals surface area contributed by atoms with Crippen LogP contribution in [0.15, 0.2) is 69.9 Å². The summed E-state index contributed by atoms with van der Waals surface area (Å²) in [4.78, 5) is 21.1. The Kier molecular flexibility index (Phi) is 5.14. The summed E-state index contributed by atoms with van der Waals surface area (Å²) in [6.07, 6.45) is 0. The number of benzene rings is 2. The summed E-state index contributed by atoms with van der Waals surface area (Å²) in [5.74, 6) is 1.28. The molecule has 2 heterocycles. The molecule has 2 aromatic heterocycles. The lowest BCUT2D eigenvalue weighted by atomic mass is 9.99. The summed E-state index contributed by atoms with van der Waals surface area (Å²) in [5.41, 5.74) is 4.45. The minimum atomic E-state index is -0.0697. The van der Waals surface area contributed by atoms with Crippen molar-refractivity contribution in [2.75, 3.05) is 0 Å². The van der Waals surface area contributed by atoms with Crippen molar-refractivity contribution in [1.82, 2.24) is 9.97 Å². The lowest BCUT2D eigenvalue weighted by molar-refractivity contribution is 0.867. The van der Waals surface area contributed by atoms with Gasteiger partial charge in [0.15, 0.2) is 5.16 Å². The van der Waals surface area contributed by atoms with Gasteiger partial charge in [-0.15, -0.1) is 11.3 Å². The molecule has 136 valence electrons. The van der Waals surface area contributed by atoms with E-state index in [0.29, 0.717) is 16.5 Å². The van der Waals surface area contributed by atoms with E-state index in [1.165, 1.54) is 22.5 Å². The first-order valence-electron chi connectivity index (χ1n) is 8.90. The smallest absolute Gasteiger partial charge is 0.260 e. The molecule has 4 aromatic rings. The quantitative estimate of drug-likeness (QED) is 0.331. The van der Waals surface area contributed by atoms with E-state index in [2.05, 4.69) is 60.2 Å². The molecule has 0 radical (unpaired) electrons. The van der Waals surface area contributed by atoms with Crippen molar-refractivity contribution in [3.8, 4) is 11.1 Å². The van der Waals surface area contributed by atoms with E-state index in [1.54, 1.807) is 11.8 Å². The minimum Gasteiger partial charge on any atom is -0.301 e. The Morgan fingerprint density at radius 3 is 2.52 bits per heavy atom. The molecular weight excluding hydrogens is 372 g/mol. The van der Waals surface area contributed by atoms with Crippen LogP contribution >= 0.6 is 23.1 Å². The van der Waals surface area contributed by atoms with Crippen molar-refractivity contribution in [2.24, 2.45) is 0 Å². The molecule has 3 nitrogen and oxygen atoms in total. The molecule has 0 saturated heterocycles. The van der Waals surface area contributed by atoms with Crippen LogP contribution in [0.3, 0.4) is 0 Å². The second-order valence-corrected chi connectivity index (χ2v) is 8.57. The maximum atomic E-state index is 12.7. The highest BCUT2D eigenvalue weighted by Crippen LogP contribution is 2.32. The van der Waals surface area contributed by atoms with Crippen molar-refractivity contribution in [2.45, 2.75) is 30.7 Å². The summed E-state index contributed by atoms with van der Waals surface area (Å²) in [6, 6.07) is 18.6. The first kappa shape index (κ1) is 18.0. The van der Waals surface area contributed by atoms with E-state index >= 15 is 0 Å². The summed E-state index contributed by atoms with van der Waals surface area (Å²) >= 11 is 3.08. The van der Waals surface area contributed by atoms with E-state index in [1.807, 2.05) is 23.6 Å². The van der Waals surface area contributed by atoms with Crippen LogP contribution in [0.25, 0.3) is 21.3 Å². The number of thioether (sulfide) groups is 1. The van der Waals surface area contributed by atoms with E-state index in [4.69, 9.17) is 0 Å². The molecule has 27 heavy (non-hydrogen) atoms. The zero-order chi connectivity index (χ0) is 18.8. The van der Waals surface area contributed by atoms with Gasteiger partial charge in [0.1, 0.15) is 4.83 Å². The first-order valence-corrected chi connectivity index (χ1v) is 10.8. The Bertz CT molecular complexity index is 1110. The second-order valence-electron chi connectivity index (χ2n) is 6.75. The Balaban J connectivity index is 1.64. The normalized spacial score (nSPS) is 11.4. The zero-order valence-electron chi connectivity index (χ0n) is 15.2. The number of nitrogens with one attached hydrogen (secondary N) is 1. The maximum Gasteiger partial charge on any atom is 0.260 e. The monoisotopic (exact) mass is 392 g/mol. The standard InChI is InChI=1S/C22H20N2OS2/c1-14(2)16-8-10-17(11-9-16)18-13-26-21-19(18)20(25)23-22(24-21)27-12-15-6-4-3-5-7-15/h3-11,13-14H,12H2,1-2H3,(H,23,24,25). The molecule has 5 heteroatoms. The van der Waals surface area contributed by atoms with E-state index in [0.717, 1.165) is 21.7 Å². The van der Waals surface area contributed by atoms with Gasteiger partial charge in [0.2, 0.25) is 0 Å². The largest absolute Gasteiger partial charge is 0.301 e. The fourth-order valence-electron chi connectivity index (χ4n) is 2.98. The molecule has 0 aliphatic carbocycles. The van der Waals surface area contributed by atoms with Gasteiger partial charge >= 0.3 is 0 Å². The van der Waals surface area contributed by atoms with Gasteiger partial charge < -0.3 is 4.98 Å². The van der Waals surface area contributed by atoms with Gasteiger partial charge in [0, 0.05) is 16.7 Å². The number of fused-ring (bicyclic) bond motifs is 1. The molecule has 0 aliphatic rings. The van der Waals surface area contributed by atoms with Crippen LogP contribution in [-0.4, -0.2) is 9.97 Å². The van der Waals surface area contributed by atoms with Crippen molar-refractivity contribution in [1.29, 1.82) is 0 Å². The first-order chi connectivity index (χ1) is 13.1. The van der Waals surface area contributed by atoms with Crippen LogP contribution < -0.4 is 5.56 Å². The van der Waals surface area contributed by atoms with Gasteiger partial charge in [0.05, 0.1) is 5.39 Å². The van der Waals surface area contributed by atoms with Crippen LogP contribution in [-0.2, 0) is 5.75 Å². The highest BCUT2D eigenvalue weighted by molar-refractivity contribution is 7.98. The third-order valence-electron chi connectivity index (χ3n) is 4.53. The second kappa shape index (κ2) is 7.71. The summed E-state index contributed by atoms with van der Waals surface area (Å²) in [5, 5.41) is 3.38. The van der Waals surface area contributed by atoms with Gasteiger partial charge in [-0.1, -0.05) is 80.2 Å². The molecular formula is C22H20N2OS2. The topological polar surface area (TPSA) is 45.8 Å². The van der Waals surface area contributed by atoms with Crippen LogP contribution in [0.4, 0.5) is 0 Å². The van der Waals surface area contributed by atoms with E-state index < -0.39 is 0 Å². The van der Waals surface area contributed by atoms with Crippen molar-refractivity contribution in [3.63, 3.8) is 0 Å². The van der Waals surface area contributed by atoms with Crippen molar-refractivity contribution >= 4 is 33.3 Å². The van der Waals surface area contributed by atoms with Gasteiger partial charge in [-0.25, -0.2) is 4.98 Å².